The molecule has 1 aromatic rings. The third-order valence-corrected chi connectivity index (χ3v) is 2.57. The zero-order valence-corrected chi connectivity index (χ0v) is 10.2. The van der Waals surface area contributed by atoms with Crippen molar-refractivity contribution in [2.45, 2.75) is 32.6 Å². The molecule has 72 valence electrons. The van der Waals surface area contributed by atoms with Gasteiger partial charge in [0.1, 0.15) is 0 Å². The Morgan fingerprint density at radius 2 is 1.92 bits per heavy atom. The minimum atomic E-state index is 0.266. The summed E-state index contributed by atoms with van der Waals surface area (Å²) < 4.78 is 0. The van der Waals surface area contributed by atoms with Crippen LogP contribution < -0.4 is 0 Å². The first kappa shape index (κ1) is 10.8. The van der Waals surface area contributed by atoms with Gasteiger partial charge in [0, 0.05) is 5.33 Å². The summed E-state index contributed by atoms with van der Waals surface area (Å²) in [7, 11) is 0. The van der Waals surface area contributed by atoms with E-state index >= 15 is 0 Å². The highest BCUT2D eigenvalue weighted by Gasteiger charge is 2.12. The van der Waals surface area contributed by atoms with Gasteiger partial charge in [-0.1, -0.05) is 61.0 Å². The lowest BCUT2D eigenvalue weighted by atomic mass is 9.86. The maximum atomic E-state index is 3.46. The van der Waals surface area contributed by atoms with Crippen LogP contribution in [0.25, 0.3) is 0 Å². The van der Waals surface area contributed by atoms with Crippen molar-refractivity contribution in [3.8, 4) is 0 Å². The molecule has 1 aromatic carbocycles. The quantitative estimate of drug-likeness (QED) is 0.688. The molecule has 1 rings (SSSR count). The van der Waals surface area contributed by atoms with E-state index in [4.69, 9.17) is 0 Å². The van der Waals surface area contributed by atoms with E-state index in [9.17, 15) is 0 Å². The molecule has 0 unspecified atom stereocenters. The molecule has 0 saturated carbocycles. The van der Waals surface area contributed by atoms with Crippen molar-refractivity contribution in [1.29, 1.82) is 0 Å². The molecule has 0 saturated heterocycles. The Labute approximate surface area is 89.5 Å². The molecule has 0 atom stereocenters. The van der Waals surface area contributed by atoms with Crippen LogP contribution in [0.1, 0.15) is 31.9 Å². The number of halogens is 1. The summed E-state index contributed by atoms with van der Waals surface area (Å²) in [6.07, 6.45) is 1.12. The lowest BCUT2D eigenvalue weighted by Crippen LogP contribution is -2.11. The highest BCUT2D eigenvalue weighted by molar-refractivity contribution is 9.09. The van der Waals surface area contributed by atoms with Crippen LogP contribution in [0, 0.1) is 0 Å². The lowest BCUT2D eigenvalue weighted by molar-refractivity contribution is 0.589. The third kappa shape index (κ3) is 3.15. The van der Waals surface area contributed by atoms with Crippen molar-refractivity contribution < 1.29 is 0 Å². The predicted octanol–water partition coefficient (Wildman–Crippen LogP) is 3.92. The molecule has 0 aliphatic rings. The molecular formula is C12H17Br. The number of rotatable bonds is 2. The summed E-state index contributed by atoms with van der Waals surface area (Å²) in [5.74, 6) is 0. The molecule has 0 radical (unpaired) electrons. The van der Waals surface area contributed by atoms with E-state index in [1.54, 1.807) is 0 Å². The normalized spacial score (nSPS) is 11.7. The van der Waals surface area contributed by atoms with Crippen molar-refractivity contribution >= 4 is 15.9 Å². The molecule has 0 N–H and O–H groups in total. The topological polar surface area (TPSA) is 0 Å². The van der Waals surface area contributed by atoms with Gasteiger partial charge >= 0.3 is 0 Å². The summed E-state index contributed by atoms with van der Waals surface area (Å²) in [6, 6.07) is 8.86. The van der Waals surface area contributed by atoms with E-state index in [1.165, 1.54) is 11.1 Å². The minimum Gasteiger partial charge on any atom is -0.0924 e. The molecule has 1 heteroatoms. The third-order valence-electron chi connectivity index (χ3n) is 2.18. The van der Waals surface area contributed by atoms with Crippen LogP contribution in [-0.4, -0.2) is 5.33 Å². The van der Waals surface area contributed by atoms with Gasteiger partial charge in [0.2, 0.25) is 0 Å². The van der Waals surface area contributed by atoms with Gasteiger partial charge in [-0.15, -0.1) is 0 Å². The Kier molecular flexibility index (Phi) is 3.55. The second-order valence-electron chi connectivity index (χ2n) is 4.39. The average Bonchev–Trinajstić information content (AvgIpc) is 2.04. The van der Waals surface area contributed by atoms with Gasteiger partial charge in [0.05, 0.1) is 0 Å². The summed E-state index contributed by atoms with van der Waals surface area (Å²) in [5, 5.41) is 1.04. The van der Waals surface area contributed by atoms with Crippen LogP contribution in [0.3, 0.4) is 0 Å². The zero-order chi connectivity index (χ0) is 9.90. The molecule has 0 bridgehead atoms. The fraction of sp³-hybridized carbons (Fsp3) is 0.500. The van der Waals surface area contributed by atoms with Crippen molar-refractivity contribution in [1.82, 2.24) is 0 Å². The van der Waals surface area contributed by atoms with Gasteiger partial charge in [0.15, 0.2) is 0 Å². The number of benzene rings is 1. The summed E-state index contributed by atoms with van der Waals surface area (Å²) in [4.78, 5) is 0. The van der Waals surface area contributed by atoms with Crippen LogP contribution >= 0.6 is 15.9 Å². The first-order valence-electron chi connectivity index (χ1n) is 4.69. The number of hydrogen-bond donors (Lipinski definition) is 0. The van der Waals surface area contributed by atoms with E-state index in [1.807, 2.05) is 0 Å². The smallest absolute Gasteiger partial charge is 0.00718 e. The van der Waals surface area contributed by atoms with Gasteiger partial charge in [-0.2, -0.15) is 0 Å². The Balaban J connectivity index is 2.92. The Bertz CT molecular complexity index is 271. The lowest BCUT2D eigenvalue weighted by Gasteiger charge is -2.19. The fourth-order valence-electron chi connectivity index (χ4n) is 1.30. The van der Waals surface area contributed by atoms with Crippen LogP contribution in [0.5, 0.6) is 0 Å². The second-order valence-corrected chi connectivity index (χ2v) is 5.18. The van der Waals surface area contributed by atoms with E-state index < -0.39 is 0 Å². The standard InChI is InChI=1S/C12H17Br/c1-12(2,3)11-6-4-5-10(9-11)7-8-13/h4-6,9H,7-8H2,1-3H3. The maximum absolute atomic E-state index is 3.46. The van der Waals surface area contributed by atoms with Crippen molar-refractivity contribution in [3.63, 3.8) is 0 Å². The molecule has 0 heterocycles. The summed E-state index contributed by atoms with van der Waals surface area (Å²) >= 11 is 3.46. The molecule has 0 aromatic heterocycles. The summed E-state index contributed by atoms with van der Waals surface area (Å²) in [6.45, 7) is 6.75. The van der Waals surface area contributed by atoms with Crippen LogP contribution in [0.2, 0.25) is 0 Å². The van der Waals surface area contributed by atoms with Gasteiger partial charge in [-0.05, 0) is 23.0 Å². The van der Waals surface area contributed by atoms with Gasteiger partial charge < -0.3 is 0 Å². The van der Waals surface area contributed by atoms with Gasteiger partial charge in [-0.25, -0.2) is 0 Å². The molecule has 0 aliphatic carbocycles. The first-order valence-corrected chi connectivity index (χ1v) is 5.81. The molecule has 0 amide bonds. The second kappa shape index (κ2) is 4.28. The SMILES string of the molecule is CC(C)(C)c1cccc(CCBr)c1. The molecule has 0 nitrogen and oxygen atoms in total. The molecule has 0 fully saturated rings. The monoisotopic (exact) mass is 240 g/mol. The van der Waals surface area contributed by atoms with Gasteiger partial charge in [0.25, 0.3) is 0 Å². The Hall–Kier alpha value is -0.300. The molecular weight excluding hydrogens is 224 g/mol. The largest absolute Gasteiger partial charge is 0.0924 e. The highest BCUT2D eigenvalue weighted by atomic mass is 79.9. The van der Waals surface area contributed by atoms with E-state index in [0.29, 0.717) is 0 Å². The van der Waals surface area contributed by atoms with Crippen molar-refractivity contribution in [2.75, 3.05) is 5.33 Å². The van der Waals surface area contributed by atoms with Crippen molar-refractivity contribution in [2.24, 2.45) is 0 Å². The fourth-order valence-corrected chi connectivity index (χ4v) is 1.76. The van der Waals surface area contributed by atoms with Gasteiger partial charge in [-0.3, -0.25) is 0 Å². The van der Waals surface area contributed by atoms with E-state index in [-0.39, 0.29) is 5.41 Å². The first-order chi connectivity index (χ1) is 6.04. The molecule has 0 aliphatic heterocycles. The zero-order valence-electron chi connectivity index (χ0n) is 8.60. The van der Waals surface area contributed by atoms with E-state index in [0.717, 1.165) is 11.8 Å². The van der Waals surface area contributed by atoms with Crippen molar-refractivity contribution in [3.05, 3.63) is 35.4 Å². The van der Waals surface area contributed by atoms with Crippen LogP contribution in [0.15, 0.2) is 24.3 Å². The molecule has 13 heavy (non-hydrogen) atoms. The summed E-state index contributed by atoms with van der Waals surface area (Å²) in [5.41, 5.74) is 3.11. The Morgan fingerprint density at radius 1 is 1.23 bits per heavy atom. The van der Waals surface area contributed by atoms with E-state index in [2.05, 4.69) is 61.0 Å². The number of alkyl halides is 1. The average molecular weight is 241 g/mol. The van der Waals surface area contributed by atoms with Crippen LogP contribution in [-0.2, 0) is 11.8 Å². The molecule has 0 spiro atoms. The Morgan fingerprint density at radius 3 is 2.46 bits per heavy atom. The minimum absolute atomic E-state index is 0.266. The number of hydrogen-bond acceptors (Lipinski definition) is 0. The number of aryl methyl sites for hydroxylation is 1. The van der Waals surface area contributed by atoms with Crippen LogP contribution in [0.4, 0.5) is 0 Å². The highest BCUT2D eigenvalue weighted by Crippen LogP contribution is 2.22. The maximum Gasteiger partial charge on any atom is 0.00718 e. The predicted molar refractivity (Wildman–Crippen MR) is 62.6 cm³/mol.